The van der Waals surface area contributed by atoms with Gasteiger partial charge in [0.25, 0.3) is 7.82 Å². The second-order valence-corrected chi connectivity index (χ2v) is 21.4. The molecular weight excluding hydrogens is 780 g/mol. The van der Waals surface area contributed by atoms with Crippen LogP contribution >= 0.6 is 7.82 Å². The van der Waals surface area contributed by atoms with Gasteiger partial charge in [0.05, 0.1) is 39.9 Å². The molecule has 3 atom stereocenters. The monoisotopic (exact) mass is 887 g/mol. The highest BCUT2D eigenvalue weighted by Gasteiger charge is 2.24. The van der Waals surface area contributed by atoms with Crippen molar-refractivity contribution in [2.24, 2.45) is 0 Å². The molecule has 0 aromatic heterocycles. The Morgan fingerprint density at radius 2 is 0.803 bits per heavy atom. The molecule has 2 N–H and O–H groups in total. The van der Waals surface area contributed by atoms with Crippen LogP contribution in [0.15, 0.2) is 0 Å². The lowest BCUT2D eigenvalue weighted by atomic mass is 10.0. The van der Waals surface area contributed by atoms with Crippen LogP contribution in [0.3, 0.4) is 0 Å². The Morgan fingerprint density at radius 1 is 0.508 bits per heavy atom. The molecule has 9 heteroatoms. The average Bonchev–Trinajstić information content (AvgIpc) is 3.21. The van der Waals surface area contributed by atoms with Gasteiger partial charge in [-0.1, -0.05) is 258 Å². The summed E-state index contributed by atoms with van der Waals surface area (Å²) in [4.78, 5) is 25.3. The molecule has 0 aromatic rings. The molecule has 0 spiro atoms. The number of nitrogens with zero attached hydrogens (tertiary/aromatic N) is 1. The highest BCUT2D eigenvalue weighted by atomic mass is 31.2. The summed E-state index contributed by atoms with van der Waals surface area (Å²) in [5.74, 6) is -0.161. The number of carbonyl (C=O) groups excluding carboxylic acids is 1. The maximum absolute atomic E-state index is 12.9. The Kier molecular flexibility index (Phi) is 44.3. The summed E-state index contributed by atoms with van der Waals surface area (Å²) in [6.45, 7) is 4.73. The number of likely N-dealkylation sites (N-methyl/N-ethyl adjacent to an activating group) is 1. The zero-order valence-electron chi connectivity index (χ0n) is 41.7. The molecule has 0 saturated carbocycles. The van der Waals surface area contributed by atoms with Crippen molar-refractivity contribution in [2.75, 3.05) is 40.9 Å². The van der Waals surface area contributed by atoms with Gasteiger partial charge >= 0.3 is 0 Å². The number of quaternary nitrogens is 1. The lowest BCUT2D eigenvalue weighted by Crippen LogP contribution is -2.46. The number of carbonyl (C=O) groups is 1. The summed E-state index contributed by atoms with van der Waals surface area (Å²) in [7, 11) is 1.32. The molecule has 3 unspecified atom stereocenters. The summed E-state index contributed by atoms with van der Waals surface area (Å²) in [5.41, 5.74) is 0. The maximum atomic E-state index is 12.9. The lowest BCUT2D eigenvalue weighted by molar-refractivity contribution is -0.870. The number of hydrogen-bond acceptors (Lipinski definition) is 6. The van der Waals surface area contributed by atoms with Gasteiger partial charge in [-0.25, -0.2) is 0 Å². The molecule has 0 aliphatic heterocycles. The van der Waals surface area contributed by atoms with Crippen LogP contribution in [0.2, 0.25) is 0 Å². The van der Waals surface area contributed by atoms with Crippen molar-refractivity contribution >= 4 is 13.7 Å². The van der Waals surface area contributed by atoms with Gasteiger partial charge in [0.2, 0.25) is 5.91 Å². The number of aliphatic hydroxyl groups excluding tert-OH is 1. The third-order valence-corrected chi connectivity index (χ3v) is 13.6. The van der Waals surface area contributed by atoms with Crippen LogP contribution in [0.25, 0.3) is 0 Å². The van der Waals surface area contributed by atoms with Crippen molar-refractivity contribution < 1.29 is 32.9 Å². The average molecular weight is 887 g/mol. The largest absolute Gasteiger partial charge is 0.756 e. The van der Waals surface area contributed by atoms with Crippen molar-refractivity contribution in [1.29, 1.82) is 0 Å². The topological polar surface area (TPSA) is 108 Å². The van der Waals surface area contributed by atoms with Crippen LogP contribution in [-0.4, -0.2) is 68.5 Å². The molecule has 0 aliphatic carbocycles. The Bertz CT molecular complexity index is 963. The zero-order chi connectivity index (χ0) is 45.0. The lowest BCUT2D eigenvalue weighted by Gasteiger charge is -2.30. The molecule has 0 saturated heterocycles. The third kappa shape index (κ3) is 47.3. The van der Waals surface area contributed by atoms with Gasteiger partial charge in [-0.3, -0.25) is 9.36 Å². The van der Waals surface area contributed by atoms with Crippen molar-refractivity contribution in [3.05, 3.63) is 0 Å². The second kappa shape index (κ2) is 44.7. The van der Waals surface area contributed by atoms with E-state index < -0.39 is 20.0 Å². The minimum Gasteiger partial charge on any atom is -0.756 e. The van der Waals surface area contributed by atoms with E-state index in [0.717, 1.165) is 38.5 Å². The first-order valence-electron chi connectivity index (χ1n) is 26.9. The first-order chi connectivity index (χ1) is 29.5. The van der Waals surface area contributed by atoms with E-state index in [2.05, 4.69) is 19.2 Å². The summed E-state index contributed by atoms with van der Waals surface area (Å²) >= 11 is 0. The fourth-order valence-corrected chi connectivity index (χ4v) is 9.06. The summed E-state index contributed by atoms with van der Waals surface area (Å²) in [5, 5.41) is 13.9. The predicted molar refractivity (Wildman–Crippen MR) is 261 cm³/mol. The number of hydrogen-bond donors (Lipinski definition) is 2. The fraction of sp³-hybridized carbons (Fsp3) is 0.981. The molecule has 0 fully saturated rings. The number of unbranched alkanes of at least 4 members (excludes halogenated alkanes) is 37. The van der Waals surface area contributed by atoms with Crippen LogP contribution in [0.1, 0.15) is 277 Å². The van der Waals surface area contributed by atoms with Gasteiger partial charge in [0.15, 0.2) is 0 Å². The molecule has 0 rings (SSSR count). The van der Waals surface area contributed by atoms with Crippen LogP contribution in [0.4, 0.5) is 0 Å². The van der Waals surface area contributed by atoms with E-state index in [0.29, 0.717) is 23.9 Å². The minimum atomic E-state index is -4.56. The van der Waals surface area contributed by atoms with Gasteiger partial charge in [-0.2, -0.15) is 0 Å². The van der Waals surface area contributed by atoms with E-state index in [1.165, 1.54) is 212 Å². The first kappa shape index (κ1) is 60.5. The number of aliphatic hydroxyl groups is 1. The molecular formula is C52H107N2O6P. The van der Waals surface area contributed by atoms with Gasteiger partial charge < -0.3 is 28.8 Å². The molecule has 366 valence electrons. The minimum absolute atomic E-state index is 0.0159. The Labute approximate surface area is 380 Å². The van der Waals surface area contributed by atoms with E-state index in [4.69, 9.17) is 9.05 Å². The van der Waals surface area contributed by atoms with Gasteiger partial charge in [0.1, 0.15) is 13.2 Å². The van der Waals surface area contributed by atoms with E-state index in [1.54, 1.807) is 0 Å². The molecule has 1 amide bonds. The van der Waals surface area contributed by atoms with Crippen molar-refractivity contribution in [3.8, 4) is 0 Å². The summed E-state index contributed by atoms with van der Waals surface area (Å²) < 4.78 is 23.3. The third-order valence-electron chi connectivity index (χ3n) is 12.6. The Morgan fingerprint density at radius 3 is 1.11 bits per heavy atom. The number of amides is 1. The van der Waals surface area contributed by atoms with Gasteiger partial charge in [-0.15, -0.1) is 0 Å². The molecule has 0 bridgehead atoms. The van der Waals surface area contributed by atoms with E-state index in [1.807, 2.05) is 21.1 Å². The van der Waals surface area contributed by atoms with Crippen molar-refractivity contribution in [1.82, 2.24) is 5.32 Å². The van der Waals surface area contributed by atoms with Gasteiger partial charge in [-0.05, 0) is 12.8 Å². The van der Waals surface area contributed by atoms with E-state index in [-0.39, 0.29) is 19.1 Å². The molecule has 0 heterocycles. The van der Waals surface area contributed by atoms with Crippen LogP contribution in [0, 0.1) is 0 Å². The molecule has 8 nitrogen and oxygen atoms in total. The SMILES string of the molecule is CCCCCCCCCCCCCCCCCCCCCCCCCCCCCCCCC(=O)NC(COP(=O)([O-])OCC[N+](C)(C)C)C(O)CCCCCCCCCCC. The Balaban J connectivity index is 3.90. The smallest absolute Gasteiger partial charge is 0.268 e. The zero-order valence-corrected chi connectivity index (χ0v) is 42.5. The van der Waals surface area contributed by atoms with E-state index in [9.17, 15) is 19.4 Å². The van der Waals surface area contributed by atoms with Crippen LogP contribution in [-0.2, 0) is 18.4 Å². The predicted octanol–water partition coefficient (Wildman–Crippen LogP) is 15.1. The normalized spacial score (nSPS) is 14.0. The first-order valence-corrected chi connectivity index (χ1v) is 28.3. The van der Waals surface area contributed by atoms with E-state index >= 15 is 0 Å². The summed E-state index contributed by atoms with van der Waals surface area (Å²) in [6, 6.07) is -0.792. The van der Waals surface area contributed by atoms with Gasteiger partial charge in [0, 0.05) is 6.42 Å². The fourth-order valence-electron chi connectivity index (χ4n) is 8.34. The maximum Gasteiger partial charge on any atom is 0.268 e. The number of nitrogens with one attached hydrogen (secondary N) is 1. The number of phosphoric acid groups is 1. The molecule has 0 aromatic carbocycles. The van der Waals surface area contributed by atoms with Crippen molar-refractivity contribution in [3.63, 3.8) is 0 Å². The summed E-state index contributed by atoms with van der Waals surface area (Å²) in [6.07, 6.45) is 51.6. The standard InChI is InChI=1S/C52H107N2O6P/c1-6-8-10-12-14-16-17-18-19-20-21-22-23-24-25-26-27-28-29-30-31-32-33-34-35-36-38-40-42-44-46-52(56)53-50(49-60-61(57,58)59-48-47-54(3,4)5)51(55)45-43-41-39-37-15-13-11-9-7-2/h50-51,55H,6-49H2,1-5H3,(H-,53,56,57,58). The Hall–Kier alpha value is -0.500. The van der Waals surface area contributed by atoms with Crippen LogP contribution in [0.5, 0.6) is 0 Å². The highest BCUT2D eigenvalue weighted by Crippen LogP contribution is 2.38. The molecule has 61 heavy (non-hydrogen) atoms. The van der Waals surface area contributed by atoms with Crippen molar-refractivity contribution in [2.45, 2.75) is 289 Å². The number of rotatable bonds is 50. The molecule has 0 radical (unpaired) electrons. The quantitative estimate of drug-likeness (QED) is 0.0358. The van der Waals surface area contributed by atoms with Crippen LogP contribution < -0.4 is 10.2 Å². The molecule has 0 aliphatic rings. The second-order valence-electron chi connectivity index (χ2n) is 20.0. The number of phosphoric ester groups is 1. The highest BCUT2D eigenvalue weighted by molar-refractivity contribution is 7.45.